The van der Waals surface area contributed by atoms with Crippen LogP contribution in [0.2, 0.25) is 0 Å². The molecule has 114 valence electrons. The molecule has 0 aromatic heterocycles. The number of carbonyl (C=O) groups excluding carboxylic acids is 2. The molecule has 0 saturated carbocycles. The first kappa shape index (κ1) is 15.5. The lowest BCUT2D eigenvalue weighted by Gasteiger charge is -2.23. The summed E-state index contributed by atoms with van der Waals surface area (Å²) in [6, 6.07) is 5.22. The molecule has 1 aromatic carbocycles. The standard InChI is InChI=1S/C16H23N3O2/c1-3-17-15(20)12-7-8-13(11(2)10-12)19-16(21)14-6-4-5-9-18-14/h7-8,10,14,18H,3-6,9H2,1-2H3,(H,17,20)(H,19,21)/t14-/m1/s1. The Morgan fingerprint density at radius 3 is 2.76 bits per heavy atom. The second-order valence-corrected chi connectivity index (χ2v) is 5.38. The quantitative estimate of drug-likeness (QED) is 0.792. The van der Waals surface area contributed by atoms with Gasteiger partial charge in [-0.25, -0.2) is 0 Å². The van der Waals surface area contributed by atoms with Crippen molar-refractivity contribution < 1.29 is 9.59 Å². The van der Waals surface area contributed by atoms with Crippen LogP contribution in [0.1, 0.15) is 42.1 Å². The van der Waals surface area contributed by atoms with Crippen molar-refractivity contribution >= 4 is 17.5 Å². The van der Waals surface area contributed by atoms with Gasteiger partial charge < -0.3 is 16.0 Å². The molecule has 3 N–H and O–H groups in total. The van der Waals surface area contributed by atoms with Gasteiger partial charge in [0.2, 0.25) is 5.91 Å². The molecule has 1 heterocycles. The van der Waals surface area contributed by atoms with Crippen LogP contribution >= 0.6 is 0 Å². The third-order valence-electron chi connectivity index (χ3n) is 3.71. The number of hydrogen-bond acceptors (Lipinski definition) is 3. The fraction of sp³-hybridized carbons (Fsp3) is 0.500. The van der Waals surface area contributed by atoms with Crippen LogP contribution in [-0.4, -0.2) is 30.9 Å². The molecule has 1 aliphatic rings. The van der Waals surface area contributed by atoms with E-state index in [9.17, 15) is 9.59 Å². The number of rotatable bonds is 4. The molecule has 0 unspecified atom stereocenters. The zero-order chi connectivity index (χ0) is 15.2. The van der Waals surface area contributed by atoms with E-state index in [1.807, 2.05) is 13.8 Å². The van der Waals surface area contributed by atoms with Gasteiger partial charge in [0.05, 0.1) is 6.04 Å². The summed E-state index contributed by atoms with van der Waals surface area (Å²) < 4.78 is 0. The lowest BCUT2D eigenvalue weighted by Crippen LogP contribution is -2.43. The summed E-state index contributed by atoms with van der Waals surface area (Å²) in [5, 5.41) is 8.94. The summed E-state index contributed by atoms with van der Waals surface area (Å²) in [6.07, 6.45) is 3.09. The number of hydrogen-bond donors (Lipinski definition) is 3. The predicted molar refractivity (Wildman–Crippen MR) is 83.5 cm³/mol. The maximum absolute atomic E-state index is 12.2. The molecule has 1 atom stereocenters. The fourth-order valence-electron chi connectivity index (χ4n) is 2.50. The van der Waals surface area contributed by atoms with E-state index >= 15 is 0 Å². The third kappa shape index (κ3) is 4.04. The molecular weight excluding hydrogens is 266 g/mol. The van der Waals surface area contributed by atoms with Gasteiger partial charge in [-0.05, 0) is 57.0 Å². The van der Waals surface area contributed by atoms with Crippen LogP contribution < -0.4 is 16.0 Å². The topological polar surface area (TPSA) is 70.2 Å². The molecule has 21 heavy (non-hydrogen) atoms. The minimum atomic E-state index is -0.110. The number of piperidine rings is 1. The first-order valence-corrected chi connectivity index (χ1v) is 7.55. The van der Waals surface area contributed by atoms with Crippen LogP contribution in [0.25, 0.3) is 0 Å². The number of amides is 2. The molecule has 0 bridgehead atoms. The van der Waals surface area contributed by atoms with Crippen LogP contribution in [0.15, 0.2) is 18.2 Å². The van der Waals surface area contributed by atoms with Gasteiger partial charge in [0, 0.05) is 17.8 Å². The highest BCUT2D eigenvalue weighted by Crippen LogP contribution is 2.18. The average molecular weight is 289 g/mol. The summed E-state index contributed by atoms with van der Waals surface area (Å²) in [6.45, 7) is 5.28. The molecule has 5 nitrogen and oxygen atoms in total. The van der Waals surface area contributed by atoms with Crippen LogP contribution in [0.5, 0.6) is 0 Å². The van der Waals surface area contributed by atoms with Gasteiger partial charge in [0.1, 0.15) is 0 Å². The van der Waals surface area contributed by atoms with E-state index in [-0.39, 0.29) is 17.9 Å². The summed E-state index contributed by atoms with van der Waals surface area (Å²) in [7, 11) is 0. The van der Waals surface area contributed by atoms with Crippen molar-refractivity contribution in [2.24, 2.45) is 0 Å². The van der Waals surface area contributed by atoms with Crippen LogP contribution in [0.3, 0.4) is 0 Å². The summed E-state index contributed by atoms with van der Waals surface area (Å²) in [5.41, 5.74) is 2.27. The third-order valence-corrected chi connectivity index (χ3v) is 3.71. The Kier molecular flexibility index (Phi) is 5.33. The number of aryl methyl sites for hydroxylation is 1. The van der Waals surface area contributed by atoms with Crippen LogP contribution in [0, 0.1) is 6.92 Å². The van der Waals surface area contributed by atoms with Crippen LogP contribution in [0.4, 0.5) is 5.69 Å². The minimum Gasteiger partial charge on any atom is -0.352 e. The van der Waals surface area contributed by atoms with Gasteiger partial charge in [-0.1, -0.05) is 6.42 Å². The van der Waals surface area contributed by atoms with Crippen LogP contribution in [-0.2, 0) is 4.79 Å². The SMILES string of the molecule is CCNC(=O)c1ccc(NC(=O)[C@H]2CCCCN2)c(C)c1. The van der Waals surface area contributed by atoms with Crippen molar-refractivity contribution in [2.75, 3.05) is 18.4 Å². The highest BCUT2D eigenvalue weighted by Gasteiger charge is 2.21. The zero-order valence-corrected chi connectivity index (χ0v) is 12.7. The molecule has 1 fully saturated rings. The van der Waals surface area contributed by atoms with Gasteiger partial charge in [0.25, 0.3) is 5.91 Å². The predicted octanol–water partition coefficient (Wildman–Crippen LogP) is 1.83. The Balaban J connectivity index is 2.03. The average Bonchev–Trinajstić information content (AvgIpc) is 2.50. The second kappa shape index (κ2) is 7.22. The van der Waals surface area contributed by atoms with Gasteiger partial charge in [0.15, 0.2) is 0 Å². The molecular formula is C16H23N3O2. The normalized spacial score (nSPS) is 18.1. The van der Waals surface area contributed by atoms with E-state index in [2.05, 4.69) is 16.0 Å². The molecule has 1 saturated heterocycles. The van der Waals surface area contributed by atoms with E-state index in [4.69, 9.17) is 0 Å². The van der Waals surface area contributed by atoms with E-state index < -0.39 is 0 Å². The maximum atomic E-state index is 12.2. The van der Waals surface area contributed by atoms with Crippen molar-refractivity contribution in [1.82, 2.24) is 10.6 Å². The highest BCUT2D eigenvalue weighted by molar-refractivity contribution is 5.98. The summed E-state index contributed by atoms with van der Waals surface area (Å²) >= 11 is 0. The van der Waals surface area contributed by atoms with Crippen molar-refractivity contribution in [1.29, 1.82) is 0 Å². The Morgan fingerprint density at radius 2 is 2.14 bits per heavy atom. The first-order valence-electron chi connectivity index (χ1n) is 7.55. The summed E-state index contributed by atoms with van der Waals surface area (Å²) in [5.74, 6) is -0.0871. The van der Waals surface area contributed by atoms with Crippen molar-refractivity contribution in [3.63, 3.8) is 0 Å². The second-order valence-electron chi connectivity index (χ2n) is 5.38. The molecule has 2 amide bonds. The number of benzene rings is 1. The number of carbonyl (C=O) groups is 2. The van der Waals surface area contributed by atoms with Crippen molar-refractivity contribution in [3.8, 4) is 0 Å². The largest absolute Gasteiger partial charge is 0.352 e. The van der Waals surface area contributed by atoms with Gasteiger partial charge >= 0.3 is 0 Å². The van der Waals surface area contributed by atoms with E-state index in [0.717, 1.165) is 37.1 Å². The molecule has 1 aromatic rings. The van der Waals surface area contributed by atoms with E-state index in [1.165, 1.54) is 0 Å². The molecule has 5 heteroatoms. The number of anilines is 1. The lowest BCUT2D eigenvalue weighted by molar-refractivity contribution is -0.118. The van der Waals surface area contributed by atoms with Gasteiger partial charge in [-0.15, -0.1) is 0 Å². The smallest absolute Gasteiger partial charge is 0.251 e. The van der Waals surface area contributed by atoms with Crippen molar-refractivity contribution in [2.45, 2.75) is 39.2 Å². The Morgan fingerprint density at radius 1 is 1.33 bits per heavy atom. The first-order chi connectivity index (χ1) is 10.1. The minimum absolute atomic E-state index is 0.00330. The van der Waals surface area contributed by atoms with Crippen molar-refractivity contribution in [3.05, 3.63) is 29.3 Å². The molecule has 0 aliphatic carbocycles. The zero-order valence-electron chi connectivity index (χ0n) is 12.7. The summed E-state index contributed by atoms with van der Waals surface area (Å²) in [4.78, 5) is 24.0. The van der Waals surface area contributed by atoms with Gasteiger partial charge in [-0.2, -0.15) is 0 Å². The Hall–Kier alpha value is -1.88. The molecule has 2 rings (SSSR count). The Bertz CT molecular complexity index is 522. The van der Waals surface area contributed by atoms with E-state index in [1.54, 1.807) is 18.2 Å². The highest BCUT2D eigenvalue weighted by atomic mass is 16.2. The monoisotopic (exact) mass is 289 g/mol. The fourth-order valence-corrected chi connectivity index (χ4v) is 2.50. The molecule has 0 radical (unpaired) electrons. The maximum Gasteiger partial charge on any atom is 0.251 e. The number of nitrogens with one attached hydrogen (secondary N) is 3. The Labute approximate surface area is 125 Å². The molecule has 0 spiro atoms. The lowest BCUT2D eigenvalue weighted by atomic mass is 10.0. The molecule has 1 aliphatic heterocycles. The van der Waals surface area contributed by atoms with Gasteiger partial charge in [-0.3, -0.25) is 9.59 Å². The van der Waals surface area contributed by atoms with E-state index in [0.29, 0.717) is 12.1 Å².